The summed E-state index contributed by atoms with van der Waals surface area (Å²) in [6, 6.07) is 29.6. The second-order valence-corrected chi connectivity index (χ2v) is 12.2. The zero-order valence-electron chi connectivity index (χ0n) is 22.6. The average Bonchev–Trinajstić information content (AvgIpc) is 2.92. The van der Waals surface area contributed by atoms with Gasteiger partial charge < -0.3 is 31.3 Å². The van der Waals surface area contributed by atoms with Crippen LogP contribution >= 0.6 is 0 Å². The fourth-order valence-electron chi connectivity index (χ4n) is 6.63. The van der Waals surface area contributed by atoms with Gasteiger partial charge in [0.2, 0.25) is 0 Å². The lowest BCUT2D eigenvalue weighted by Gasteiger charge is -2.60. The van der Waals surface area contributed by atoms with Gasteiger partial charge in [0.1, 0.15) is 12.1 Å². The Labute approximate surface area is 233 Å². The summed E-state index contributed by atoms with van der Waals surface area (Å²) in [7, 11) is 0. The number of hydrogen-bond donors (Lipinski definition) is 1. The van der Waals surface area contributed by atoms with E-state index in [0.29, 0.717) is 6.61 Å². The Morgan fingerprint density at radius 1 is 0.730 bits per heavy atom. The maximum atomic E-state index is 12.5. The first-order valence-electron chi connectivity index (χ1n) is 13.6. The minimum absolute atomic E-state index is 0. The molecule has 0 amide bonds. The standard InChI is InChI=1S/C33H42NO2.BrH/c1-31(2,3)28-16-14-27(15-17-28)26-36-25-24-34-21-18-32(19-22-34,20-23-34)33(35,29-10-6-4-7-11-29)30-12-8-5-9-13-30;/h4-17,35H,18-26H2,1-3H3;1H/q+1;/p-1. The fourth-order valence-corrected chi connectivity index (χ4v) is 6.63. The highest BCUT2D eigenvalue weighted by Gasteiger charge is 2.60. The Kier molecular flexibility index (Phi) is 8.35. The van der Waals surface area contributed by atoms with E-state index in [9.17, 15) is 5.11 Å². The summed E-state index contributed by atoms with van der Waals surface area (Å²) >= 11 is 0. The van der Waals surface area contributed by atoms with Gasteiger partial charge in [0.15, 0.2) is 0 Å². The highest BCUT2D eigenvalue weighted by molar-refractivity contribution is 5.39. The summed E-state index contributed by atoms with van der Waals surface area (Å²) in [6.07, 6.45) is 3.13. The van der Waals surface area contributed by atoms with Crippen LogP contribution in [0.5, 0.6) is 0 Å². The minimum atomic E-state index is -0.957. The summed E-state index contributed by atoms with van der Waals surface area (Å²) in [5.41, 5.74) is 3.77. The molecule has 3 fully saturated rings. The zero-order valence-corrected chi connectivity index (χ0v) is 24.2. The molecule has 0 aliphatic carbocycles. The molecule has 0 saturated carbocycles. The number of hydrogen-bond acceptors (Lipinski definition) is 2. The molecule has 1 N–H and O–H groups in total. The molecule has 2 bridgehead atoms. The van der Waals surface area contributed by atoms with Crippen molar-refractivity contribution in [2.24, 2.45) is 5.41 Å². The molecule has 37 heavy (non-hydrogen) atoms. The van der Waals surface area contributed by atoms with Crippen LogP contribution in [0.25, 0.3) is 0 Å². The van der Waals surface area contributed by atoms with E-state index in [-0.39, 0.29) is 27.8 Å². The van der Waals surface area contributed by atoms with Gasteiger partial charge >= 0.3 is 0 Å². The van der Waals surface area contributed by atoms with Crippen LogP contribution in [0, 0.1) is 5.41 Å². The third-order valence-corrected chi connectivity index (χ3v) is 9.14. The quantitative estimate of drug-likeness (QED) is 0.336. The van der Waals surface area contributed by atoms with Crippen molar-refractivity contribution in [3.63, 3.8) is 0 Å². The van der Waals surface area contributed by atoms with Gasteiger partial charge in [-0.1, -0.05) is 106 Å². The second-order valence-electron chi connectivity index (χ2n) is 12.2. The van der Waals surface area contributed by atoms with Crippen LogP contribution in [-0.2, 0) is 22.4 Å². The van der Waals surface area contributed by atoms with Crippen molar-refractivity contribution in [1.82, 2.24) is 0 Å². The van der Waals surface area contributed by atoms with Crippen LogP contribution in [0.1, 0.15) is 62.3 Å². The Balaban J connectivity index is 0.00000320. The van der Waals surface area contributed by atoms with Crippen LogP contribution in [0.4, 0.5) is 0 Å². The van der Waals surface area contributed by atoms with E-state index in [4.69, 9.17) is 4.74 Å². The van der Waals surface area contributed by atoms with Gasteiger partial charge in [0, 0.05) is 24.7 Å². The first kappa shape index (κ1) is 28.0. The first-order chi connectivity index (χ1) is 17.3. The number of fused-ring (bicyclic) bond motifs is 3. The van der Waals surface area contributed by atoms with Crippen molar-refractivity contribution >= 4 is 0 Å². The smallest absolute Gasteiger partial charge is 0.121 e. The summed E-state index contributed by atoms with van der Waals surface area (Å²) in [4.78, 5) is 0. The van der Waals surface area contributed by atoms with E-state index >= 15 is 0 Å². The van der Waals surface area contributed by atoms with E-state index < -0.39 is 5.60 Å². The zero-order chi connectivity index (χ0) is 25.3. The second kappa shape index (κ2) is 11.0. The molecule has 0 aromatic heterocycles. The van der Waals surface area contributed by atoms with Gasteiger partial charge in [-0.25, -0.2) is 0 Å². The molecule has 3 aromatic rings. The Morgan fingerprint density at radius 2 is 1.22 bits per heavy atom. The highest BCUT2D eigenvalue weighted by Crippen LogP contribution is 2.57. The van der Waals surface area contributed by atoms with Crippen LogP contribution in [0.2, 0.25) is 0 Å². The van der Waals surface area contributed by atoms with E-state index in [1.54, 1.807) is 0 Å². The largest absolute Gasteiger partial charge is 1.00 e. The first-order valence-corrected chi connectivity index (χ1v) is 13.6. The van der Waals surface area contributed by atoms with E-state index in [1.165, 1.54) is 11.1 Å². The summed E-state index contributed by atoms with van der Waals surface area (Å²) in [5.74, 6) is 0. The van der Waals surface area contributed by atoms with Crippen LogP contribution in [0.3, 0.4) is 0 Å². The molecular weight excluding hydrogens is 522 g/mol. The summed E-state index contributed by atoms with van der Waals surface area (Å²) in [6.45, 7) is 12.6. The van der Waals surface area contributed by atoms with E-state index in [1.807, 2.05) is 12.1 Å². The topological polar surface area (TPSA) is 29.5 Å². The highest BCUT2D eigenvalue weighted by atomic mass is 79.9. The molecule has 3 aliphatic heterocycles. The number of rotatable bonds is 8. The van der Waals surface area contributed by atoms with Gasteiger partial charge in [-0.3, -0.25) is 0 Å². The monoisotopic (exact) mass is 563 g/mol. The molecule has 6 rings (SSSR count). The number of piperidine rings is 3. The lowest BCUT2D eigenvalue weighted by atomic mass is 9.56. The van der Waals surface area contributed by atoms with Gasteiger partial charge in [-0.15, -0.1) is 0 Å². The summed E-state index contributed by atoms with van der Waals surface area (Å²) in [5, 5.41) is 12.5. The Bertz CT molecular complexity index is 1070. The van der Waals surface area contributed by atoms with E-state index in [2.05, 4.69) is 93.6 Å². The molecule has 0 spiro atoms. The average molecular weight is 565 g/mol. The lowest BCUT2D eigenvalue weighted by Crippen LogP contribution is -3.00. The number of ether oxygens (including phenoxy) is 1. The van der Waals surface area contributed by atoms with Gasteiger partial charge in [0.25, 0.3) is 0 Å². The number of aliphatic hydroxyl groups is 1. The van der Waals surface area contributed by atoms with Crippen molar-refractivity contribution in [1.29, 1.82) is 0 Å². The van der Waals surface area contributed by atoms with Crippen molar-refractivity contribution in [2.75, 3.05) is 32.8 Å². The third kappa shape index (κ3) is 5.45. The summed E-state index contributed by atoms with van der Waals surface area (Å²) < 4.78 is 7.29. The van der Waals surface area contributed by atoms with Crippen LogP contribution in [0.15, 0.2) is 84.9 Å². The molecule has 0 unspecified atom stereocenters. The molecule has 0 radical (unpaired) electrons. The van der Waals surface area contributed by atoms with Crippen molar-refractivity contribution in [2.45, 2.75) is 57.7 Å². The predicted molar refractivity (Wildman–Crippen MR) is 147 cm³/mol. The van der Waals surface area contributed by atoms with Crippen LogP contribution in [-0.4, -0.2) is 42.4 Å². The maximum Gasteiger partial charge on any atom is 0.121 e. The van der Waals surface area contributed by atoms with Crippen molar-refractivity contribution < 1.29 is 31.3 Å². The van der Waals surface area contributed by atoms with Gasteiger partial charge in [0.05, 0.1) is 32.8 Å². The maximum absolute atomic E-state index is 12.5. The number of halogens is 1. The third-order valence-electron chi connectivity index (χ3n) is 9.14. The normalized spacial score (nSPS) is 23.5. The number of quaternary nitrogens is 1. The van der Waals surface area contributed by atoms with E-state index in [0.717, 1.165) is 67.7 Å². The molecule has 3 nitrogen and oxygen atoms in total. The van der Waals surface area contributed by atoms with Crippen molar-refractivity contribution in [3.8, 4) is 0 Å². The lowest BCUT2D eigenvalue weighted by molar-refractivity contribution is -0.946. The minimum Gasteiger partial charge on any atom is -1.00 e. The number of nitrogens with zero attached hydrogens (tertiary/aromatic N) is 1. The fraction of sp³-hybridized carbons (Fsp3) is 0.455. The molecule has 0 atom stereocenters. The SMILES string of the molecule is CC(C)(C)c1ccc(COCC[N+]23CCC(C(O)(c4ccccc4)c4ccccc4)(CC2)CC3)cc1.[Br-]. The molecular formula is C33H42BrNO2. The Hall–Kier alpha value is -1.98. The molecule has 4 heteroatoms. The van der Waals surface area contributed by atoms with Gasteiger partial charge in [-0.05, 0) is 27.7 Å². The molecule has 3 aromatic carbocycles. The van der Waals surface area contributed by atoms with Gasteiger partial charge in [-0.2, -0.15) is 0 Å². The number of benzene rings is 3. The van der Waals surface area contributed by atoms with Crippen LogP contribution < -0.4 is 17.0 Å². The molecule has 198 valence electrons. The molecule has 3 saturated heterocycles. The predicted octanol–water partition coefficient (Wildman–Crippen LogP) is 3.44. The molecule has 3 heterocycles. The molecule has 3 aliphatic rings. The van der Waals surface area contributed by atoms with Crippen molar-refractivity contribution in [3.05, 3.63) is 107 Å². The Morgan fingerprint density at radius 3 is 1.68 bits per heavy atom.